The Morgan fingerprint density at radius 1 is 1.32 bits per heavy atom. The summed E-state index contributed by atoms with van der Waals surface area (Å²) in [6, 6.07) is 10.3. The average Bonchev–Trinajstić information content (AvgIpc) is 2.87. The van der Waals surface area contributed by atoms with Gasteiger partial charge < -0.3 is 10.4 Å². The number of nitrogens with one attached hydrogen (secondary N) is 1. The fourth-order valence-electron chi connectivity index (χ4n) is 2.52. The number of thioether (sulfide) groups is 1. The van der Waals surface area contributed by atoms with Crippen molar-refractivity contribution >= 4 is 68.1 Å². The number of carbonyl (C=O) groups excluding carboxylic acids is 3. The molecule has 0 aliphatic carbocycles. The Morgan fingerprint density at radius 3 is 2.75 bits per heavy atom. The average molecular weight is 482 g/mol. The molecule has 1 fully saturated rings. The lowest BCUT2D eigenvalue weighted by molar-refractivity contribution is -0.127. The Hall–Kier alpha value is -2.29. The first-order valence-corrected chi connectivity index (χ1v) is 10.0. The summed E-state index contributed by atoms with van der Waals surface area (Å²) in [7, 11) is 0. The molecule has 1 heterocycles. The molecule has 0 bridgehead atoms. The van der Waals surface area contributed by atoms with Crippen molar-refractivity contribution < 1.29 is 19.5 Å². The van der Waals surface area contributed by atoms with E-state index in [1.165, 1.54) is 12.1 Å². The predicted octanol–water partition coefficient (Wildman–Crippen LogP) is 4.79. The fourth-order valence-corrected chi connectivity index (χ4v) is 4.18. The standard InChI is InChI=1S/C19H14BrClN2O4S/c1-10-3-2-4-12(5-10)22-16(24)9-23-18(26)15(28-19(23)27)8-11-6-13(20)17(25)14(21)7-11/h2-8,25H,9H2,1H3,(H,22,24)/b15-8-. The van der Waals surface area contributed by atoms with Crippen molar-refractivity contribution in [2.45, 2.75) is 6.92 Å². The van der Waals surface area contributed by atoms with E-state index < -0.39 is 17.1 Å². The molecule has 0 unspecified atom stereocenters. The van der Waals surface area contributed by atoms with E-state index in [2.05, 4.69) is 21.2 Å². The third-order valence-corrected chi connectivity index (χ3v) is 5.61. The number of halogens is 2. The number of aryl methyl sites for hydroxylation is 1. The van der Waals surface area contributed by atoms with Gasteiger partial charge in [-0.2, -0.15) is 0 Å². The van der Waals surface area contributed by atoms with Crippen LogP contribution in [0.2, 0.25) is 5.02 Å². The summed E-state index contributed by atoms with van der Waals surface area (Å²) in [6.07, 6.45) is 1.49. The van der Waals surface area contributed by atoms with Crippen LogP contribution in [0, 0.1) is 6.92 Å². The van der Waals surface area contributed by atoms with Crippen LogP contribution < -0.4 is 5.32 Å². The van der Waals surface area contributed by atoms with Gasteiger partial charge in [0.05, 0.1) is 14.4 Å². The lowest BCUT2D eigenvalue weighted by atomic mass is 10.2. The maximum Gasteiger partial charge on any atom is 0.294 e. The minimum Gasteiger partial charge on any atom is -0.505 e. The van der Waals surface area contributed by atoms with Gasteiger partial charge in [0.25, 0.3) is 11.1 Å². The second kappa shape index (κ2) is 8.38. The molecule has 0 radical (unpaired) electrons. The Balaban J connectivity index is 1.73. The summed E-state index contributed by atoms with van der Waals surface area (Å²) < 4.78 is 0.364. The van der Waals surface area contributed by atoms with Gasteiger partial charge in [-0.15, -0.1) is 0 Å². The van der Waals surface area contributed by atoms with Crippen LogP contribution in [0.25, 0.3) is 6.08 Å². The Labute approximate surface area is 178 Å². The summed E-state index contributed by atoms with van der Waals surface area (Å²) in [6.45, 7) is 1.51. The van der Waals surface area contributed by atoms with Crippen LogP contribution in [-0.4, -0.2) is 33.6 Å². The minimum atomic E-state index is -0.560. The number of aromatic hydroxyl groups is 1. The number of nitrogens with zero attached hydrogens (tertiary/aromatic N) is 1. The first-order chi connectivity index (χ1) is 13.2. The zero-order valence-corrected chi connectivity index (χ0v) is 17.7. The van der Waals surface area contributed by atoms with E-state index >= 15 is 0 Å². The number of rotatable bonds is 4. The molecule has 2 aromatic carbocycles. The number of hydrogen-bond donors (Lipinski definition) is 2. The topological polar surface area (TPSA) is 86.7 Å². The largest absolute Gasteiger partial charge is 0.505 e. The first-order valence-electron chi connectivity index (χ1n) is 8.04. The van der Waals surface area contributed by atoms with Crippen molar-refractivity contribution in [3.63, 3.8) is 0 Å². The van der Waals surface area contributed by atoms with Gasteiger partial charge >= 0.3 is 0 Å². The molecule has 1 aliphatic rings. The molecule has 6 nitrogen and oxygen atoms in total. The van der Waals surface area contributed by atoms with E-state index in [1.807, 2.05) is 13.0 Å². The van der Waals surface area contributed by atoms with Gasteiger partial charge in [-0.05, 0) is 76.1 Å². The van der Waals surface area contributed by atoms with E-state index in [0.29, 0.717) is 15.7 Å². The van der Waals surface area contributed by atoms with E-state index in [0.717, 1.165) is 22.2 Å². The number of hydrogen-bond acceptors (Lipinski definition) is 5. The predicted molar refractivity (Wildman–Crippen MR) is 113 cm³/mol. The molecule has 2 N–H and O–H groups in total. The van der Waals surface area contributed by atoms with Gasteiger partial charge in [0.15, 0.2) is 0 Å². The highest BCUT2D eigenvalue weighted by molar-refractivity contribution is 9.10. The van der Waals surface area contributed by atoms with Crippen molar-refractivity contribution in [1.29, 1.82) is 0 Å². The van der Waals surface area contributed by atoms with Gasteiger partial charge in [0.1, 0.15) is 12.3 Å². The van der Waals surface area contributed by atoms with Crippen LogP contribution in [0.4, 0.5) is 10.5 Å². The van der Waals surface area contributed by atoms with Crippen molar-refractivity contribution in [2.24, 2.45) is 0 Å². The molecule has 28 heavy (non-hydrogen) atoms. The molecular weight excluding hydrogens is 468 g/mol. The third kappa shape index (κ3) is 4.57. The zero-order chi connectivity index (χ0) is 20.4. The summed E-state index contributed by atoms with van der Waals surface area (Å²) in [4.78, 5) is 38.0. The number of benzene rings is 2. The molecule has 0 aromatic heterocycles. The molecule has 0 atom stereocenters. The van der Waals surface area contributed by atoms with Crippen LogP contribution >= 0.6 is 39.3 Å². The number of phenols is 1. The first kappa shape index (κ1) is 20.4. The van der Waals surface area contributed by atoms with Gasteiger partial charge in [-0.1, -0.05) is 23.7 Å². The smallest absolute Gasteiger partial charge is 0.294 e. The lowest BCUT2D eigenvalue weighted by Gasteiger charge is -2.12. The SMILES string of the molecule is Cc1cccc(NC(=O)CN2C(=O)S/C(=C\c3cc(Cl)c(O)c(Br)c3)C2=O)c1. The van der Waals surface area contributed by atoms with Gasteiger partial charge in [0, 0.05) is 5.69 Å². The lowest BCUT2D eigenvalue weighted by Crippen LogP contribution is -2.36. The quantitative estimate of drug-likeness (QED) is 0.613. The number of phenolic OH excluding ortho intramolecular Hbond substituents is 1. The van der Waals surface area contributed by atoms with Crippen LogP contribution in [0.15, 0.2) is 45.8 Å². The zero-order valence-electron chi connectivity index (χ0n) is 14.5. The van der Waals surface area contributed by atoms with Crippen molar-refractivity contribution in [1.82, 2.24) is 4.90 Å². The number of anilines is 1. The highest BCUT2D eigenvalue weighted by Crippen LogP contribution is 2.36. The Kier molecular flexibility index (Phi) is 6.12. The Morgan fingerprint density at radius 2 is 2.07 bits per heavy atom. The molecule has 9 heteroatoms. The van der Waals surface area contributed by atoms with E-state index in [9.17, 15) is 19.5 Å². The molecule has 2 aromatic rings. The molecule has 0 spiro atoms. The molecule has 144 valence electrons. The second-order valence-electron chi connectivity index (χ2n) is 6.02. The van der Waals surface area contributed by atoms with E-state index in [-0.39, 0.29) is 22.2 Å². The Bertz CT molecular complexity index is 1000. The fraction of sp³-hybridized carbons (Fsp3) is 0.105. The maximum absolute atomic E-state index is 12.5. The molecule has 0 saturated carbocycles. The molecule has 1 saturated heterocycles. The summed E-state index contributed by atoms with van der Waals surface area (Å²) in [5, 5.41) is 11.9. The van der Waals surface area contributed by atoms with Crippen molar-refractivity contribution in [3.05, 3.63) is 61.9 Å². The molecule has 3 amide bonds. The summed E-state index contributed by atoms with van der Waals surface area (Å²) in [5.41, 5.74) is 2.10. The molecular formula is C19H14BrClN2O4S. The van der Waals surface area contributed by atoms with Gasteiger partial charge in [-0.25, -0.2) is 0 Å². The van der Waals surface area contributed by atoms with E-state index in [4.69, 9.17) is 11.6 Å². The van der Waals surface area contributed by atoms with Crippen LogP contribution in [0.1, 0.15) is 11.1 Å². The highest BCUT2D eigenvalue weighted by atomic mass is 79.9. The second-order valence-corrected chi connectivity index (χ2v) is 8.27. The van der Waals surface area contributed by atoms with Crippen molar-refractivity contribution in [3.8, 4) is 5.75 Å². The number of imide groups is 1. The monoisotopic (exact) mass is 480 g/mol. The van der Waals surface area contributed by atoms with Crippen LogP contribution in [-0.2, 0) is 9.59 Å². The summed E-state index contributed by atoms with van der Waals surface area (Å²) in [5.74, 6) is -1.14. The normalized spacial score (nSPS) is 15.4. The molecule has 1 aliphatic heterocycles. The van der Waals surface area contributed by atoms with Gasteiger partial charge in [0.2, 0.25) is 5.91 Å². The minimum absolute atomic E-state index is 0.109. The third-order valence-electron chi connectivity index (χ3n) is 3.81. The van der Waals surface area contributed by atoms with Crippen LogP contribution in [0.5, 0.6) is 5.75 Å². The van der Waals surface area contributed by atoms with Gasteiger partial charge in [-0.3, -0.25) is 19.3 Å². The highest BCUT2D eigenvalue weighted by Gasteiger charge is 2.36. The number of amides is 3. The maximum atomic E-state index is 12.5. The van der Waals surface area contributed by atoms with E-state index in [1.54, 1.807) is 24.3 Å². The molecule has 3 rings (SSSR count). The number of carbonyl (C=O) groups is 3. The van der Waals surface area contributed by atoms with Crippen molar-refractivity contribution in [2.75, 3.05) is 11.9 Å². The summed E-state index contributed by atoms with van der Waals surface area (Å²) >= 11 is 9.83. The van der Waals surface area contributed by atoms with Crippen LogP contribution in [0.3, 0.4) is 0 Å².